The third kappa shape index (κ3) is 5.39. The van der Waals surface area contributed by atoms with Crippen molar-refractivity contribution in [2.75, 3.05) is 43.5 Å². The molecular weight excluding hydrogens is 422 g/mol. The van der Waals surface area contributed by atoms with Crippen molar-refractivity contribution in [3.05, 3.63) is 46.3 Å². The molecule has 32 heavy (non-hydrogen) atoms. The van der Waals surface area contributed by atoms with E-state index >= 15 is 0 Å². The van der Waals surface area contributed by atoms with Crippen LogP contribution in [0.25, 0.3) is 0 Å². The molecule has 1 aliphatic heterocycles. The Balaban J connectivity index is 1.58. The summed E-state index contributed by atoms with van der Waals surface area (Å²) in [6, 6.07) is 9.48. The number of amides is 2. The van der Waals surface area contributed by atoms with Gasteiger partial charge in [-0.25, -0.2) is 0 Å². The highest BCUT2D eigenvalue weighted by molar-refractivity contribution is 7.17. The van der Waals surface area contributed by atoms with E-state index < -0.39 is 0 Å². The van der Waals surface area contributed by atoms with Gasteiger partial charge in [-0.1, -0.05) is 39.0 Å². The number of fused-ring (bicyclic) bond motifs is 1. The van der Waals surface area contributed by atoms with Gasteiger partial charge >= 0.3 is 0 Å². The molecule has 6 nitrogen and oxygen atoms in total. The van der Waals surface area contributed by atoms with Crippen LogP contribution < -0.4 is 10.6 Å². The van der Waals surface area contributed by atoms with Crippen molar-refractivity contribution in [2.45, 2.75) is 40.0 Å². The number of morpholine rings is 1. The summed E-state index contributed by atoms with van der Waals surface area (Å²) in [4.78, 5) is 29.5. The van der Waals surface area contributed by atoms with Gasteiger partial charge in [0.25, 0.3) is 5.91 Å². The van der Waals surface area contributed by atoms with E-state index in [0.29, 0.717) is 36.2 Å². The van der Waals surface area contributed by atoms with E-state index in [0.717, 1.165) is 43.6 Å². The van der Waals surface area contributed by atoms with Crippen LogP contribution in [0.3, 0.4) is 0 Å². The Hall–Kier alpha value is -2.22. The minimum absolute atomic E-state index is 0.0772. The highest BCUT2D eigenvalue weighted by Gasteiger charge is 2.34. The van der Waals surface area contributed by atoms with Gasteiger partial charge in [-0.05, 0) is 48.3 Å². The van der Waals surface area contributed by atoms with Crippen molar-refractivity contribution >= 4 is 33.8 Å². The van der Waals surface area contributed by atoms with E-state index in [1.54, 1.807) is 11.3 Å². The van der Waals surface area contributed by atoms with E-state index in [1.165, 1.54) is 4.88 Å². The maximum Gasteiger partial charge on any atom is 0.258 e. The first-order valence-corrected chi connectivity index (χ1v) is 12.2. The average Bonchev–Trinajstić information content (AvgIpc) is 3.11. The largest absolute Gasteiger partial charge is 0.379 e. The Bertz CT molecular complexity index is 959. The molecule has 2 amide bonds. The summed E-state index contributed by atoms with van der Waals surface area (Å²) in [5, 5.41) is 6.77. The lowest BCUT2D eigenvalue weighted by atomic mass is 9.72. The highest BCUT2D eigenvalue weighted by atomic mass is 32.1. The number of hydrogen-bond donors (Lipinski definition) is 2. The Kier molecular flexibility index (Phi) is 6.98. The predicted octanol–water partition coefficient (Wildman–Crippen LogP) is 4.42. The van der Waals surface area contributed by atoms with Gasteiger partial charge in [0, 0.05) is 23.7 Å². The number of carbonyl (C=O) groups excluding carboxylic acids is 2. The molecule has 2 heterocycles. The molecule has 1 aromatic heterocycles. The minimum atomic E-state index is -0.149. The molecule has 0 bridgehead atoms. The van der Waals surface area contributed by atoms with Crippen molar-refractivity contribution in [2.24, 2.45) is 11.3 Å². The van der Waals surface area contributed by atoms with Crippen molar-refractivity contribution < 1.29 is 14.3 Å². The van der Waals surface area contributed by atoms with E-state index in [-0.39, 0.29) is 17.2 Å². The summed E-state index contributed by atoms with van der Waals surface area (Å²) in [6.45, 7) is 9.97. The summed E-state index contributed by atoms with van der Waals surface area (Å²) in [5.74, 6) is 0.340. The van der Waals surface area contributed by atoms with Crippen LogP contribution in [0.4, 0.5) is 10.7 Å². The van der Waals surface area contributed by atoms with Crippen LogP contribution in [0.15, 0.2) is 30.3 Å². The molecule has 0 spiro atoms. The lowest BCUT2D eigenvalue weighted by molar-refractivity contribution is -0.118. The second kappa shape index (κ2) is 9.73. The number of para-hydroxylation sites is 1. The van der Waals surface area contributed by atoms with Crippen LogP contribution in [0.1, 0.15) is 48.0 Å². The fraction of sp³-hybridized carbons (Fsp3) is 0.520. The van der Waals surface area contributed by atoms with Gasteiger partial charge in [-0.15, -0.1) is 11.3 Å². The van der Waals surface area contributed by atoms with Crippen LogP contribution in [0.5, 0.6) is 0 Å². The van der Waals surface area contributed by atoms with Crippen LogP contribution in [0.2, 0.25) is 0 Å². The zero-order valence-electron chi connectivity index (χ0n) is 19.2. The standard InChI is InChI=1S/C25H33N3O3S/c1-25(2,3)17-9-10-19-20(15-17)32-24(27-21(29)16-28-11-13-31-14-12-28)22(19)23(30)26-18-7-5-4-6-8-18/h4-8,17H,9-16H2,1-3H3,(H,26,30)(H,27,29). The first-order chi connectivity index (χ1) is 15.3. The molecule has 2 aromatic rings. The number of nitrogens with one attached hydrogen (secondary N) is 2. The molecule has 1 saturated heterocycles. The Morgan fingerprint density at radius 1 is 1.12 bits per heavy atom. The normalized spacial score (nSPS) is 19.3. The molecule has 1 fully saturated rings. The number of anilines is 2. The van der Waals surface area contributed by atoms with Crippen molar-refractivity contribution in [3.63, 3.8) is 0 Å². The predicted molar refractivity (Wildman–Crippen MR) is 130 cm³/mol. The molecular formula is C25H33N3O3S. The third-order valence-corrected chi connectivity index (χ3v) is 7.64. The second-order valence-corrected chi connectivity index (χ2v) is 10.9. The van der Waals surface area contributed by atoms with Crippen molar-refractivity contribution in [3.8, 4) is 0 Å². The summed E-state index contributed by atoms with van der Waals surface area (Å²) in [5.41, 5.74) is 2.71. The maximum atomic E-state index is 13.3. The molecule has 1 aliphatic carbocycles. The number of carbonyl (C=O) groups is 2. The van der Waals surface area contributed by atoms with Crippen molar-refractivity contribution in [1.29, 1.82) is 0 Å². The summed E-state index contributed by atoms with van der Waals surface area (Å²) in [6.07, 6.45) is 2.87. The zero-order chi connectivity index (χ0) is 22.7. The first kappa shape index (κ1) is 23.0. The lowest BCUT2D eigenvalue weighted by Gasteiger charge is -2.33. The second-order valence-electron chi connectivity index (χ2n) is 9.77. The van der Waals surface area contributed by atoms with Crippen molar-refractivity contribution in [1.82, 2.24) is 4.90 Å². The molecule has 0 saturated carbocycles. The van der Waals surface area contributed by atoms with Gasteiger partial charge < -0.3 is 15.4 Å². The maximum absolute atomic E-state index is 13.3. The van der Waals surface area contributed by atoms with E-state index in [4.69, 9.17) is 4.74 Å². The minimum Gasteiger partial charge on any atom is -0.379 e. The van der Waals surface area contributed by atoms with Crippen LogP contribution in [0, 0.1) is 11.3 Å². The third-order valence-electron chi connectivity index (χ3n) is 6.47. The molecule has 1 unspecified atom stereocenters. The molecule has 4 rings (SSSR count). The van der Waals surface area contributed by atoms with Crippen LogP contribution >= 0.6 is 11.3 Å². The monoisotopic (exact) mass is 455 g/mol. The average molecular weight is 456 g/mol. The number of ether oxygens (including phenoxy) is 1. The number of rotatable bonds is 5. The topological polar surface area (TPSA) is 70.7 Å². The fourth-order valence-corrected chi connectivity index (χ4v) is 5.84. The SMILES string of the molecule is CC(C)(C)C1CCc2c(sc(NC(=O)CN3CCOCC3)c2C(=O)Nc2ccccc2)C1. The van der Waals surface area contributed by atoms with E-state index in [1.807, 2.05) is 30.3 Å². The number of hydrogen-bond acceptors (Lipinski definition) is 5. The highest BCUT2D eigenvalue weighted by Crippen LogP contribution is 2.44. The number of thiophene rings is 1. The summed E-state index contributed by atoms with van der Waals surface area (Å²) in [7, 11) is 0. The van der Waals surface area contributed by atoms with Crippen LogP contribution in [-0.2, 0) is 22.4 Å². The fourth-order valence-electron chi connectivity index (χ4n) is 4.50. The smallest absolute Gasteiger partial charge is 0.258 e. The Labute approximate surface area is 194 Å². The van der Waals surface area contributed by atoms with Gasteiger partial charge in [0.1, 0.15) is 5.00 Å². The van der Waals surface area contributed by atoms with E-state index in [9.17, 15) is 9.59 Å². The first-order valence-electron chi connectivity index (χ1n) is 11.4. The molecule has 172 valence electrons. The molecule has 7 heteroatoms. The number of benzene rings is 1. The summed E-state index contributed by atoms with van der Waals surface area (Å²) < 4.78 is 5.38. The molecule has 0 radical (unpaired) electrons. The zero-order valence-corrected chi connectivity index (χ0v) is 20.0. The van der Waals surface area contributed by atoms with Gasteiger partial charge in [0.2, 0.25) is 5.91 Å². The quantitative estimate of drug-likeness (QED) is 0.700. The Morgan fingerprint density at radius 2 is 1.84 bits per heavy atom. The molecule has 2 aliphatic rings. The van der Waals surface area contributed by atoms with Gasteiger partial charge in [0.15, 0.2) is 0 Å². The molecule has 1 aromatic carbocycles. The molecule has 1 atom stereocenters. The lowest BCUT2D eigenvalue weighted by Crippen LogP contribution is -2.41. The van der Waals surface area contributed by atoms with Crippen LogP contribution in [-0.4, -0.2) is 49.6 Å². The van der Waals surface area contributed by atoms with Gasteiger partial charge in [0.05, 0.1) is 25.3 Å². The van der Waals surface area contributed by atoms with E-state index in [2.05, 4.69) is 36.3 Å². The Morgan fingerprint density at radius 3 is 2.53 bits per heavy atom. The molecule has 2 N–H and O–H groups in total. The van der Waals surface area contributed by atoms with Gasteiger partial charge in [-0.2, -0.15) is 0 Å². The summed E-state index contributed by atoms with van der Waals surface area (Å²) >= 11 is 1.58. The van der Waals surface area contributed by atoms with Gasteiger partial charge in [-0.3, -0.25) is 14.5 Å². The number of nitrogens with zero attached hydrogens (tertiary/aromatic N) is 1.